The summed E-state index contributed by atoms with van der Waals surface area (Å²) in [5, 5.41) is 3.20. The number of pyridine rings is 2. The second kappa shape index (κ2) is 10.1. The summed E-state index contributed by atoms with van der Waals surface area (Å²) >= 11 is 5.99. The van der Waals surface area contributed by atoms with Gasteiger partial charge in [-0.05, 0) is 61.4 Å². The van der Waals surface area contributed by atoms with Crippen LogP contribution in [-0.2, 0) is 5.88 Å². The molecule has 3 aromatic heterocycles. The molecule has 5 aromatic rings. The molecule has 0 aliphatic heterocycles. The highest BCUT2D eigenvalue weighted by Crippen LogP contribution is 2.23. The third-order valence-electron chi connectivity index (χ3n) is 5.20. The molecule has 0 bridgehead atoms. The van der Waals surface area contributed by atoms with Gasteiger partial charge in [0.2, 0.25) is 0 Å². The molecule has 166 valence electrons. The highest BCUT2D eigenvalue weighted by molar-refractivity contribution is 6.17. The Morgan fingerprint density at radius 2 is 1.55 bits per heavy atom. The molecular weight excluding hydrogens is 432 g/mol. The van der Waals surface area contributed by atoms with Crippen molar-refractivity contribution in [1.29, 1.82) is 0 Å². The van der Waals surface area contributed by atoms with Gasteiger partial charge in [0.1, 0.15) is 11.3 Å². The molecule has 0 spiro atoms. The largest absolute Gasteiger partial charge is 0.396 e. The van der Waals surface area contributed by atoms with E-state index in [1.165, 1.54) is 11.1 Å². The van der Waals surface area contributed by atoms with Crippen LogP contribution in [0.15, 0.2) is 85.2 Å². The van der Waals surface area contributed by atoms with E-state index in [9.17, 15) is 0 Å². The first-order valence-corrected chi connectivity index (χ1v) is 11.1. The number of benzene rings is 2. The number of hydrogen-bond donors (Lipinski definition) is 2. The molecule has 6 nitrogen and oxygen atoms in total. The van der Waals surface area contributed by atoms with Crippen molar-refractivity contribution in [3.05, 3.63) is 102 Å². The molecule has 3 N–H and O–H groups in total. The van der Waals surface area contributed by atoms with Gasteiger partial charge < -0.3 is 11.1 Å². The summed E-state index contributed by atoms with van der Waals surface area (Å²) in [4.78, 5) is 13.1. The van der Waals surface area contributed by atoms with Crippen LogP contribution in [0.2, 0.25) is 0 Å². The molecule has 0 aliphatic rings. The topological polar surface area (TPSA) is 81.7 Å². The molecular formula is C26H25ClN6. The van der Waals surface area contributed by atoms with Crippen LogP contribution < -0.4 is 11.1 Å². The Bertz CT molecular complexity index is 1330. The molecule has 0 saturated heterocycles. The summed E-state index contributed by atoms with van der Waals surface area (Å²) < 4.78 is 2.03. The van der Waals surface area contributed by atoms with Crippen LogP contribution in [0.3, 0.4) is 0 Å². The lowest BCUT2D eigenvalue weighted by atomic mass is 10.2. The van der Waals surface area contributed by atoms with Crippen molar-refractivity contribution in [3.63, 3.8) is 0 Å². The van der Waals surface area contributed by atoms with Crippen LogP contribution in [0.5, 0.6) is 0 Å². The predicted molar refractivity (Wildman–Crippen MR) is 136 cm³/mol. The van der Waals surface area contributed by atoms with E-state index in [1.807, 2.05) is 72.2 Å². The van der Waals surface area contributed by atoms with Crippen LogP contribution >= 0.6 is 11.6 Å². The number of halogens is 1. The first kappa shape index (κ1) is 22.3. The first-order valence-electron chi connectivity index (χ1n) is 10.6. The van der Waals surface area contributed by atoms with Gasteiger partial charge in [0.25, 0.3) is 0 Å². The molecule has 33 heavy (non-hydrogen) atoms. The average molecular weight is 457 g/mol. The molecule has 3 heterocycles. The number of para-hydroxylation sites is 2. The maximum atomic E-state index is 5.99. The Balaban J connectivity index is 0.000000160. The maximum Gasteiger partial charge on any atom is 0.164 e. The third-order valence-corrected chi connectivity index (χ3v) is 5.44. The number of nitrogens with one attached hydrogen (secondary N) is 1. The Morgan fingerprint density at radius 1 is 0.848 bits per heavy atom. The lowest BCUT2D eigenvalue weighted by Gasteiger charge is -2.09. The van der Waals surface area contributed by atoms with Crippen LogP contribution in [0.4, 0.5) is 17.2 Å². The highest BCUT2D eigenvalue weighted by atomic mass is 35.5. The first-order chi connectivity index (χ1) is 16.1. The summed E-state index contributed by atoms with van der Waals surface area (Å²) in [5.74, 6) is 1.89. The zero-order chi connectivity index (χ0) is 23.2. The summed E-state index contributed by atoms with van der Waals surface area (Å²) in [6.07, 6.45) is 3.49. The number of hydrogen-bond acceptors (Lipinski definition) is 5. The van der Waals surface area contributed by atoms with Crippen LogP contribution in [0.1, 0.15) is 17.0 Å². The van der Waals surface area contributed by atoms with E-state index in [4.69, 9.17) is 17.3 Å². The number of aromatic nitrogens is 4. The molecule has 5 rings (SSSR count). The molecule has 0 saturated carbocycles. The van der Waals surface area contributed by atoms with E-state index in [-0.39, 0.29) is 0 Å². The average Bonchev–Trinajstić information content (AvgIpc) is 3.21. The van der Waals surface area contributed by atoms with Crippen molar-refractivity contribution in [2.45, 2.75) is 19.7 Å². The van der Waals surface area contributed by atoms with E-state index in [1.54, 1.807) is 12.4 Å². The van der Waals surface area contributed by atoms with Gasteiger partial charge in [-0.25, -0.2) is 15.0 Å². The SMILES string of the molecule is Cc1ccccc1-n1c(CCl)nc2cccnc21.Cc1ccccc1Nc1ncccc1N. The monoisotopic (exact) mass is 456 g/mol. The minimum absolute atomic E-state index is 0.366. The normalized spacial score (nSPS) is 10.5. The molecule has 0 unspecified atom stereocenters. The zero-order valence-electron chi connectivity index (χ0n) is 18.5. The Labute approximate surface area is 198 Å². The fourth-order valence-electron chi connectivity index (χ4n) is 3.48. The van der Waals surface area contributed by atoms with E-state index in [0.29, 0.717) is 17.4 Å². The van der Waals surface area contributed by atoms with Crippen molar-refractivity contribution in [2.24, 2.45) is 0 Å². The fourth-order valence-corrected chi connectivity index (χ4v) is 3.66. The van der Waals surface area contributed by atoms with E-state index in [0.717, 1.165) is 28.4 Å². The standard InChI is InChI=1S/C14H12ClN3.C12H13N3/c1-10-5-2-3-7-12(10)18-13(9-15)17-11-6-4-8-16-14(11)18;1-9-5-2-3-7-11(9)15-12-10(13)6-4-8-14-12/h2-8H,9H2,1H3;2-8H,13H2,1H3,(H,14,15). The van der Waals surface area contributed by atoms with Gasteiger partial charge in [-0.1, -0.05) is 36.4 Å². The molecule has 0 aliphatic carbocycles. The number of nitrogens with two attached hydrogens (primary N) is 1. The Kier molecular flexibility index (Phi) is 6.86. The van der Waals surface area contributed by atoms with Gasteiger partial charge in [0.05, 0.1) is 17.3 Å². The van der Waals surface area contributed by atoms with Crippen LogP contribution in [-0.4, -0.2) is 19.5 Å². The molecule has 0 radical (unpaired) electrons. The van der Waals surface area contributed by atoms with Gasteiger partial charge in [-0.2, -0.15) is 0 Å². The van der Waals surface area contributed by atoms with Gasteiger partial charge in [0, 0.05) is 18.1 Å². The number of fused-ring (bicyclic) bond motifs is 1. The predicted octanol–water partition coefficient (Wildman–Crippen LogP) is 6.18. The third kappa shape index (κ3) is 4.96. The van der Waals surface area contributed by atoms with Gasteiger partial charge >= 0.3 is 0 Å². The van der Waals surface area contributed by atoms with Gasteiger partial charge in [0.15, 0.2) is 11.5 Å². The number of nitrogens with zero attached hydrogens (tertiary/aromatic N) is 4. The van der Waals surface area contributed by atoms with Crippen molar-refractivity contribution in [2.75, 3.05) is 11.1 Å². The van der Waals surface area contributed by atoms with Crippen LogP contribution in [0, 0.1) is 13.8 Å². The molecule has 0 atom stereocenters. The summed E-state index contributed by atoms with van der Waals surface area (Å²) in [6, 6.07) is 23.7. The lowest BCUT2D eigenvalue weighted by molar-refractivity contribution is 0.960. The smallest absolute Gasteiger partial charge is 0.164 e. The second-order valence-electron chi connectivity index (χ2n) is 7.51. The summed E-state index contributed by atoms with van der Waals surface area (Å²) in [5.41, 5.74) is 12.6. The molecule has 0 fully saturated rings. The maximum absolute atomic E-state index is 5.99. The van der Waals surface area contributed by atoms with Crippen molar-refractivity contribution >= 4 is 40.0 Å². The van der Waals surface area contributed by atoms with Crippen molar-refractivity contribution in [3.8, 4) is 5.69 Å². The number of alkyl halides is 1. The van der Waals surface area contributed by atoms with Gasteiger partial charge in [-0.15, -0.1) is 11.6 Å². The van der Waals surface area contributed by atoms with E-state index >= 15 is 0 Å². The second-order valence-corrected chi connectivity index (χ2v) is 7.78. The Morgan fingerprint density at radius 3 is 2.27 bits per heavy atom. The van der Waals surface area contributed by atoms with Crippen LogP contribution in [0.25, 0.3) is 16.9 Å². The minimum Gasteiger partial charge on any atom is -0.396 e. The molecule has 2 aromatic carbocycles. The zero-order valence-corrected chi connectivity index (χ0v) is 19.3. The highest BCUT2D eigenvalue weighted by Gasteiger charge is 2.13. The van der Waals surface area contributed by atoms with Crippen molar-refractivity contribution in [1.82, 2.24) is 19.5 Å². The number of aryl methyl sites for hydroxylation is 2. The minimum atomic E-state index is 0.366. The number of rotatable bonds is 4. The number of nitrogen functional groups attached to an aromatic ring is 1. The molecule has 0 amide bonds. The van der Waals surface area contributed by atoms with E-state index in [2.05, 4.69) is 39.3 Å². The van der Waals surface area contributed by atoms with Crippen molar-refractivity contribution < 1.29 is 0 Å². The number of imidazole rings is 1. The lowest BCUT2D eigenvalue weighted by Crippen LogP contribution is -2.02. The quantitative estimate of drug-likeness (QED) is 0.315. The summed E-state index contributed by atoms with van der Waals surface area (Å²) in [6.45, 7) is 4.11. The number of anilines is 3. The van der Waals surface area contributed by atoms with Gasteiger partial charge in [-0.3, -0.25) is 4.57 Å². The van der Waals surface area contributed by atoms with E-state index < -0.39 is 0 Å². The fraction of sp³-hybridized carbons (Fsp3) is 0.115. The Hall–Kier alpha value is -3.90. The summed E-state index contributed by atoms with van der Waals surface area (Å²) in [7, 11) is 0. The molecule has 7 heteroatoms.